The van der Waals surface area contributed by atoms with Gasteiger partial charge in [-0.15, -0.1) is 5.06 Å². The van der Waals surface area contributed by atoms with Gasteiger partial charge in [-0.25, -0.2) is 4.79 Å². The van der Waals surface area contributed by atoms with Crippen LogP contribution in [0.1, 0.15) is 35.7 Å². The topological polar surface area (TPSA) is 92.8 Å². The van der Waals surface area contributed by atoms with Crippen LogP contribution in [0, 0.1) is 0 Å². The highest BCUT2D eigenvalue weighted by molar-refractivity contribution is 6.02. The first-order chi connectivity index (χ1) is 9.97. The molecular weight excluding hydrogens is 276 g/mol. The van der Waals surface area contributed by atoms with E-state index in [4.69, 9.17) is 4.84 Å². The van der Waals surface area contributed by atoms with Crippen molar-refractivity contribution in [2.75, 3.05) is 0 Å². The highest BCUT2D eigenvalue weighted by Crippen LogP contribution is 2.14. The Morgan fingerprint density at radius 3 is 2.24 bits per heavy atom. The molecule has 0 saturated carbocycles. The molecule has 7 heteroatoms. The summed E-state index contributed by atoms with van der Waals surface area (Å²) in [4.78, 5) is 50.1. The molecule has 1 aliphatic heterocycles. The molecular formula is C14H14N2O5. The number of carbonyl (C=O) groups is 4. The van der Waals surface area contributed by atoms with E-state index >= 15 is 0 Å². The van der Waals surface area contributed by atoms with Gasteiger partial charge < -0.3 is 10.2 Å². The van der Waals surface area contributed by atoms with Gasteiger partial charge in [-0.05, 0) is 17.7 Å². The van der Waals surface area contributed by atoms with Crippen molar-refractivity contribution in [3.05, 3.63) is 35.4 Å². The van der Waals surface area contributed by atoms with E-state index in [0.717, 1.165) is 5.56 Å². The molecule has 2 rings (SSSR count). The number of carbonyl (C=O) groups excluding carboxylic acids is 4. The molecule has 0 aliphatic carbocycles. The third kappa shape index (κ3) is 3.65. The Kier molecular flexibility index (Phi) is 4.32. The summed E-state index contributed by atoms with van der Waals surface area (Å²) in [6.07, 6.45) is 0.115. The van der Waals surface area contributed by atoms with Gasteiger partial charge in [-0.2, -0.15) is 0 Å². The lowest BCUT2D eigenvalue weighted by atomic mass is 10.1. The Hall–Kier alpha value is -2.70. The zero-order valence-electron chi connectivity index (χ0n) is 11.4. The normalized spacial score (nSPS) is 14.2. The third-order valence-electron chi connectivity index (χ3n) is 2.91. The Balaban J connectivity index is 1.98. The zero-order valence-corrected chi connectivity index (χ0v) is 11.4. The fraction of sp³-hybridized carbons (Fsp3) is 0.286. The lowest BCUT2D eigenvalue weighted by molar-refractivity contribution is -0.172. The van der Waals surface area contributed by atoms with Gasteiger partial charge in [0.15, 0.2) is 0 Å². The first kappa shape index (κ1) is 14.7. The van der Waals surface area contributed by atoms with Crippen LogP contribution in [0.15, 0.2) is 24.3 Å². The second-order valence-electron chi connectivity index (χ2n) is 4.57. The SMILES string of the molecule is CC(=O)NCc1ccc(C(=O)ON2C(=O)CCC2=O)cc1. The van der Waals surface area contributed by atoms with Crippen LogP contribution in [-0.4, -0.2) is 28.8 Å². The largest absolute Gasteiger partial charge is 0.363 e. The van der Waals surface area contributed by atoms with Crippen molar-refractivity contribution in [3.8, 4) is 0 Å². The zero-order chi connectivity index (χ0) is 15.4. The van der Waals surface area contributed by atoms with Crippen LogP contribution in [0.3, 0.4) is 0 Å². The average molecular weight is 290 g/mol. The van der Waals surface area contributed by atoms with Gasteiger partial charge >= 0.3 is 5.97 Å². The molecule has 1 aromatic carbocycles. The summed E-state index contributed by atoms with van der Waals surface area (Å²) in [7, 11) is 0. The van der Waals surface area contributed by atoms with Crippen LogP contribution < -0.4 is 5.32 Å². The van der Waals surface area contributed by atoms with E-state index in [9.17, 15) is 19.2 Å². The fourth-order valence-corrected chi connectivity index (χ4v) is 1.78. The molecule has 0 atom stereocenters. The van der Waals surface area contributed by atoms with Gasteiger partial charge in [-0.3, -0.25) is 14.4 Å². The number of imide groups is 1. The molecule has 1 N–H and O–H groups in total. The molecule has 1 aromatic rings. The number of hydrogen-bond acceptors (Lipinski definition) is 5. The van der Waals surface area contributed by atoms with Crippen molar-refractivity contribution in [1.82, 2.24) is 10.4 Å². The minimum Gasteiger partial charge on any atom is -0.352 e. The Morgan fingerprint density at radius 1 is 1.14 bits per heavy atom. The van der Waals surface area contributed by atoms with Crippen molar-refractivity contribution in [1.29, 1.82) is 0 Å². The highest BCUT2D eigenvalue weighted by atomic mass is 16.7. The standard InChI is InChI=1S/C14H14N2O5/c1-9(17)15-8-10-2-4-11(5-3-10)14(20)21-16-12(18)6-7-13(16)19/h2-5H,6-8H2,1H3,(H,15,17). The number of nitrogens with zero attached hydrogens (tertiary/aromatic N) is 1. The molecule has 0 bridgehead atoms. The van der Waals surface area contributed by atoms with Gasteiger partial charge in [-0.1, -0.05) is 12.1 Å². The lowest BCUT2D eigenvalue weighted by Gasteiger charge is -2.12. The molecule has 3 amide bonds. The van der Waals surface area contributed by atoms with Gasteiger partial charge in [0.2, 0.25) is 5.91 Å². The first-order valence-corrected chi connectivity index (χ1v) is 6.39. The summed E-state index contributed by atoms with van der Waals surface area (Å²) in [6.45, 7) is 1.77. The van der Waals surface area contributed by atoms with E-state index in [-0.39, 0.29) is 24.3 Å². The smallest absolute Gasteiger partial charge is 0.352 e. The molecule has 0 unspecified atom stereocenters. The number of hydroxylamine groups is 2. The van der Waals surface area contributed by atoms with E-state index in [1.807, 2.05) is 0 Å². The summed E-state index contributed by atoms with van der Waals surface area (Å²) in [5.74, 6) is -1.96. The predicted octanol–water partition coefficient (Wildman–Crippen LogP) is 0.543. The van der Waals surface area contributed by atoms with E-state index < -0.39 is 17.8 Å². The van der Waals surface area contributed by atoms with Crippen LogP contribution in [-0.2, 0) is 25.8 Å². The molecule has 7 nitrogen and oxygen atoms in total. The number of hydrogen-bond donors (Lipinski definition) is 1. The van der Waals surface area contributed by atoms with Gasteiger partial charge in [0.25, 0.3) is 11.8 Å². The van der Waals surface area contributed by atoms with E-state index in [2.05, 4.69) is 5.32 Å². The highest BCUT2D eigenvalue weighted by Gasteiger charge is 2.33. The van der Waals surface area contributed by atoms with Gasteiger partial charge in [0, 0.05) is 26.3 Å². The second kappa shape index (κ2) is 6.17. The van der Waals surface area contributed by atoms with Crippen LogP contribution in [0.4, 0.5) is 0 Å². The number of nitrogens with one attached hydrogen (secondary N) is 1. The van der Waals surface area contributed by atoms with Gasteiger partial charge in [0.1, 0.15) is 0 Å². The number of benzene rings is 1. The van der Waals surface area contributed by atoms with Crippen LogP contribution in [0.5, 0.6) is 0 Å². The molecule has 110 valence electrons. The second-order valence-corrected chi connectivity index (χ2v) is 4.57. The van der Waals surface area contributed by atoms with Crippen molar-refractivity contribution < 1.29 is 24.0 Å². The summed E-state index contributed by atoms with van der Waals surface area (Å²) in [6, 6.07) is 6.31. The maximum Gasteiger partial charge on any atom is 0.363 e. The van der Waals surface area contributed by atoms with Crippen LogP contribution >= 0.6 is 0 Å². The maximum atomic E-state index is 11.8. The molecule has 1 heterocycles. The van der Waals surface area contributed by atoms with Crippen molar-refractivity contribution in [3.63, 3.8) is 0 Å². The Morgan fingerprint density at radius 2 is 1.71 bits per heavy atom. The molecule has 0 radical (unpaired) electrons. The molecule has 1 saturated heterocycles. The molecule has 1 fully saturated rings. The molecule has 0 aromatic heterocycles. The summed E-state index contributed by atoms with van der Waals surface area (Å²) >= 11 is 0. The quantitative estimate of drug-likeness (QED) is 0.817. The van der Waals surface area contributed by atoms with Crippen molar-refractivity contribution >= 4 is 23.7 Å². The molecule has 0 spiro atoms. The lowest BCUT2D eigenvalue weighted by Crippen LogP contribution is -2.32. The summed E-state index contributed by atoms with van der Waals surface area (Å²) < 4.78 is 0. The Labute approximate surface area is 120 Å². The molecule has 1 aliphatic rings. The third-order valence-corrected chi connectivity index (χ3v) is 2.91. The monoisotopic (exact) mass is 290 g/mol. The maximum absolute atomic E-state index is 11.8. The predicted molar refractivity (Wildman–Crippen MR) is 70.5 cm³/mol. The fourth-order valence-electron chi connectivity index (χ4n) is 1.78. The minimum atomic E-state index is -0.773. The van der Waals surface area contributed by atoms with Crippen LogP contribution in [0.25, 0.3) is 0 Å². The van der Waals surface area contributed by atoms with Crippen LogP contribution in [0.2, 0.25) is 0 Å². The summed E-state index contributed by atoms with van der Waals surface area (Å²) in [5, 5.41) is 3.14. The van der Waals surface area contributed by atoms with Gasteiger partial charge in [0.05, 0.1) is 5.56 Å². The number of rotatable bonds is 4. The first-order valence-electron chi connectivity index (χ1n) is 6.39. The van der Waals surface area contributed by atoms with E-state index in [1.165, 1.54) is 19.1 Å². The van der Waals surface area contributed by atoms with E-state index in [1.54, 1.807) is 12.1 Å². The van der Waals surface area contributed by atoms with Crippen molar-refractivity contribution in [2.45, 2.75) is 26.3 Å². The summed E-state index contributed by atoms with van der Waals surface area (Å²) in [5.41, 5.74) is 1.03. The van der Waals surface area contributed by atoms with E-state index in [0.29, 0.717) is 11.6 Å². The average Bonchev–Trinajstić information content (AvgIpc) is 2.77. The number of amides is 3. The minimum absolute atomic E-state index is 0.0573. The van der Waals surface area contributed by atoms with Crippen molar-refractivity contribution in [2.24, 2.45) is 0 Å². The Bertz CT molecular complexity index is 578. The molecule has 21 heavy (non-hydrogen) atoms.